The van der Waals surface area contributed by atoms with E-state index in [1.807, 2.05) is 43.0 Å². The van der Waals surface area contributed by atoms with Gasteiger partial charge in [-0.1, -0.05) is 29.8 Å². The van der Waals surface area contributed by atoms with Gasteiger partial charge in [-0.25, -0.2) is 0 Å². The quantitative estimate of drug-likeness (QED) is 0.779. The largest absolute Gasteiger partial charge is 0.372 e. The van der Waals surface area contributed by atoms with Gasteiger partial charge < -0.3 is 9.64 Å². The first-order chi connectivity index (χ1) is 9.06. The van der Waals surface area contributed by atoms with Gasteiger partial charge in [-0.3, -0.25) is 4.79 Å². The maximum absolute atomic E-state index is 12.1. The van der Waals surface area contributed by atoms with E-state index in [2.05, 4.69) is 0 Å². The first kappa shape index (κ1) is 14.1. The van der Waals surface area contributed by atoms with Crippen molar-refractivity contribution in [1.82, 2.24) is 4.90 Å². The van der Waals surface area contributed by atoms with Gasteiger partial charge in [-0.05, 0) is 31.6 Å². The summed E-state index contributed by atoms with van der Waals surface area (Å²) >= 11 is 6.04. The zero-order valence-electron chi connectivity index (χ0n) is 11.2. The Kier molecular flexibility index (Phi) is 4.61. The van der Waals surface area contributed by atoms with E-state index < -0.39 is 0 Å². The van der Waals surface area contributed by atoms with Crippen LogP contribution >= 0.6 is 11.6 Å². The molecule has 4 heteroatoms. The second kappa shape index (κ2) is 6.22. The third kappa shape index (κ3) is 3.82. The molecule has 0 radical (unpaired) electrons. The molecule has 0 aliphatic carbocycles. The Morgan fingerprint density at radius 2 is 1.95 bits per heavy atom. The molecule has 0 aromatic heterocycles. The van der Waals surface area contributed by atoms with E-state index in [1.165, 1.54) is 0 Å². The highest BCUT2D eigenvalue weighted by atomic mass is 35.5. The van der Waals surface area contributed by atoms with Crippen molar-refractivity contribution in [2.45, 2.75) is 26.1 Å². The van der Waals surface area contributed by atoms with Gasteiger partial charge in [0.25, 0.3) is 0 Å². The summed E-state index contributed by atoms with van der Waals surface area (Å²) in [6, 6.07) is 7.46. The summed E-state index contributed by atoms with van der Waals surface area (Å²) in [5, 5.41) is 0.648. The minimum atomic E-state index is 0.00178. The summed E-state index contributed by atoms with van der Waals surface area (Å²) in [4.78, 5) is 13.9. The number of rotatable bonds is 2. The molecule has 1 aromatic carbocycles. The molecule has 102 valence electrons. The molecule has 1 amide bonds. The number of halogens is 1. The van der Waals surface area contributed by atoms with Crippen molar-refractivity contribution in [1.29, 1.82) is 0 Å². The number of morpholine rings is 1. The van der Waals surface area contributed by atoms with Crippen LogP contribution in [0.5, 0.6) is 0 Å². The van der Waals surface area contributed by atoms with E-state index in [0.29, 0.717) is 18.1 Å². The molecule has 1 aliphatic heterocycles. The first-order valence-electron chi connectivity index (χ1n) is 6.43. The van der Waals surface area contributed by atoms with Gasteiger partial charge in [-0.15, -0.1) is 0 Å². The van der Waals surface area contributed by atoms with Gasteiger partial charge in [0.15, 0.2) is 0 Å². The van der Waals surface area contributed by atoms with Gasteiger partial charge in [0.2, 0.25) is 5.91 Å². The molecule has 1 aromatic rings. The molecule has 3 nitrogen and oxygen atoms in total. The van der Waals surface area contributed by atoms with Gasteiger partial charge in [0.05, 0.1) is 12.2 Å². The molecular weight excluding hydrogens is 262 g/mol. The summed E-state index contributed by atoms with van der Waals surface area (Å²) < 4.78 is 5.61. The second-order valence-electron chi connectivity index (χ2n) is 4.86. The highest BCUT2D eigenvalue weighted by Gasteiger charge is 2.24. The third-order valence-electron chi connectivity index (χ3n) is 3.04. The van der Waals surface area contributed by atoms with Crippen LogP contribution in [0.4, 0.5) is 0 Å². The van der Waals surface area contributed by atoms with Crippen molar-refractivity contribution in [2.75, 3.05) is 13.1 Å². The third-order valence-corrected chi connectivity index (χ3v) is 3.39. The molecule has 0 bridgehead atoms. The number of hydrogen-bond donors (Lipinski definition) is 0. The molecule has 1 heterocycles. The fourth-order valence-corrected chi connectivity index (χ4v) is 2.43. The van der Waals surface area contributed by atoms with Crippen molar-refractivity contribution in [3.05, 3.63) is 40.9 Å². The lowest BCUT2D eigenvalue weighted by molar-refractivity contribution is -0.137. The minimum Gasteiger partial charge on any atom is -0.372 e. The Bertz CT molecular complexity index is 477. The van der Waals surface area contributed by atoms with E-state index in [1.54, 1.807) is 12.2 Å². The van der Waals surface area contributed by atoms with Crippen molar-refractivity contribution >= 4 is 23.6 Å². The molecular formula is C15H18ClNO2. The Labute approximate surface area is 118 Å². The Morgan fingerprint density at radius 1 is 1.32 bits per heavy atom. The van der Waals surface area contributed by atoms with Crippen LogP contribution in [0, 0.1) is 0 Å². The first-order valence-corrected chi connectivity index (χ1v) is 6.81. The zero-order chi connectivity index (χ0) is 13.8. The molecule has 2 rings (SSSR count). The lowest BCUT2D eigenvalue weighted by Crippen LogP contribution is -2.47. The van der Waals surface area contributed by atoms with Crippen LogP contribution < -0.4 is 0 Å². The number of carbonyl (C=O) groups excluding carboxylic acids is 1. The monoisotopic (exact) mass is 279 g/mol. The molecule has 1 fully saturated rings. The van der Waals surface area contributed by atoms with Crippen LogP contribution in [0.2, 0.25) is 5.02 Å². The van der Waals surface area contributed by atoms with Crippen LogP contribution in [0.15, 0.2) is 30.3 Å². The maximum atomic E-state index is 12.1. The van der Waals surface area contributed by atoms with Crippen molar-refractivity contribution in [2.24, 2.45) is 0 Å². The van der Waals surface area contributed by atoms with Gasteiger partial charge in [0.1, 0.15) is 0 Å². The number of nitrogens with zero attached hydrogens (tertiary/aromatic N) is 1. The normalized spacial score (nSPS) is 23.8. The Hall–Kier alpha value is -1.32. The van der Waals surface area contributed by atoms with Crippen LogP contribution in [0.1, 0.15) is 19.4 Å². The molecule has 1 saturated heterocycles. The van der Waals surface area contributed by atoms with E-state index in [9.17, 15) is 4.79 Å². The number of hydrogen-bond acceptors (Lipinski definition) is 2. The van der Waals surface area contributed by atoms with Crippen LogP contribution in [-0.2, 0) is 9.53 Å². The smallest absolute Gasteiger partial charge is 0.246 e. The van der Waals surface area contributed by atoms with Gasteiger partial charge >= 0.3 is 0 Å². The topological polar surface area (TPSA) is 29.5 Å². The lowest BCUT2D eigenvalue weighted by Gasteiger charge is -2.34. The summed E-state index contributed by atoms with van der Waals surface area (Å²) in [5.41, 5.74) is 0.854. The minimum absolute atomic E-state index is 0.00178. The van der Waals surface area contributed by atoms with Gasteiger partial charge in [0, 0.05) is 24.2 Å². The van der Waals surface area contributed by atoms with Gasteiger partial charge in [-0.2, -0.15) is 0 Å². The lowest BCUT2D eigenvalue weighted by atomic mass is 10.2. The summed E-state index contributed by atoms with van der Waals surface area (Å²) in [6.07, 6.45) is 3.50. The van der Waals surface area contributed by atoms with Crippen molar-refractivity contribution < 1.29 is 9.53 Å². The summed E-state index contributed by atoms with van der Waals surface area (Å²) in [6.45, 7) is 5.23. The predicted molar refractivity (Wildman–Crippen MR) is 77.1 cm³/mol. The average molecular weight is 280 g/mol. The molecule has 2 atom stereocenters. The van der Waals surface area contributed by atoms with E-state index >= 15 is 0 Å². The fourth-order valence-electron chi connectivity index (χ4n) is 2.23. The van der Waals surface area contributed by atoms with Crippen LogP contribution in [0.25, 0.3) is 6.08 Å². The second-order valence-corrected chi connectivity index (χ2v) is 5.26. The summed E-state index contributed by atoms with van der Waals surface area (Å²) in [5.74, 6) is 0.00178. The standard InChI is InChI=1S/C15H18ClNO2/c1-11-9-17(10-12(2)19-11)15(18)8-7-13-5-3-4-6-14(13)16/h3-8,11-12H,9-10H2,1-2H3/b8-7+. The predicted octanol–water partition coefficient (Wildman–Crippen LogP) is 2.99. The van der Waals surface area contributed by atoms with Crippen molar-refractivity contribution in [3.63, 3.8) is 0 Å². The molecule has 19 heavy (non-hydrogen) atoms. The number of carbonyl (C=O) groups is 1. The van der Waals surface area contributed by atoms with Crippen molar-refractivity contribution in [3.8, 4) is 0 Å². The molecule has 1 aliphatic rings. The summed E-state index contributed by atoms with van der Waals surface area (Å²) in [7, 11) is 0. The molecule has 0 saturated carbocycles. The van der Waals surface area contributed by atoms with Crippen LogP contribution in [0.3, 0.4) is 0 Å². The average Bonchev–Trinajstić information content (AvgIpc) is 2.36. The number of benzene rings is 1. The number of ether oxygens (including phenoxy) is 1. The highest BCUT2D eigenvalue weighted by Crippen LogP contribution is 2.17. The maximum Gasteiger partial charge on any atom is 0.246 e. The fraction of sp³-hybridized carbons (Fsp3) is 0.400. The zero-order valence-corrected chi connectivity index (χ0v) is 11.9. The number of amides is 1. The molecule has 0 spiro atoms. The van der Waals surface area contributed by atoms with E-state index in [4.69, 9.17) is 16.3 Å². The van der Waals surface area contributed by atoms with E-state index in [-0.39, 0.29) is 18.1 Å². The Morgan fingerprint density at radius 3 is 2.58 bits per heavy atom. The van der Waals surface area contributed by atoms with E-state index in [0.717, 1.165) is 5.56 Å². The Balaban J connectivity index is 2.03. The van der Waals surface area contributed by atoms with Crippen LogP contribution in [-0.4, -0.2) is 36.1 Å². The SMILES string of the molecule is CC1CN(C(=O)/C=C/c2ccccc2Cl)CC(C)O1. The molecule has 2 unspecified atom stereocenters. The highest BCUT2D eigenvalue weighted by molar-refractivity contribution is 6.32. The molecule has 0 N–H and O–H groups in total.